The molecule has 1 aliphatic rings. The third-order valence-corrected chi connectivity index (χ3v) is 5.11. The fourth-order valence-corrected chi connectivity index (χ4v) is 3.68. The van der Waals surface area contributed by atoms with Crippen LogP contribution in [0.5, 0.6) is 0 Å². The van der Waals surface area contributed by atoms with Crippen molar-refractivity contribution in [2.24, 2.45) is 0 Å². The Morgan fingerprint density at radius 1 is 1.11 bits per heavy atom. The second kappa shape index (κ2) is 8.06. The molecule has 0 aliphatic carbocycles. The zero-order valence-corrected chi connectivity index (χ0v) is 16.3. The normalized spacial score (nSPS) is 15.7. The van der Waals surface area contributed by atoms with Crippen LogP contribution in [0.25, 0.3) is 5.82 Å². The molecule has 0 atom stereocenters. The van der Waals surface area contributed by atoms with E-state index in [-0.39, 0.29) is 5.82 Å². The summed E-state index contributed by atoms with van der Waals surface area (Å²) < 4.78 is 14.9. The van der Waals surface area contributed by atoms with Gasteiger partial charge in [0.1, 0.15) is 11.6 Å². The lowest BCUT2D eigenvalue weighted by atomic mass is 10.0. The van der Waals surface area contributed by atoms with Crippen LogP contribution >= 0.6 is 0 Å². The van der Waals surface area contributed by atoms with Crippen molar-refractivity contribution in [2.45, 2.75) is 39.3 Å². The molecule has 2 aromatic heterocycles. The van der Waals surface area contributed by atoms with Crippen LogP contribution in [0.1, 0.15) is 29.8 Å². The Balaban J connectivity index is 1.34. The molecule has 28 heavy (non-hydrogen) atoms. The van der Waals surface area contributed by atoms with Gasteiger partial charge >= 0.3 is 0 Å². The molecule has 1 N–H and O–H groups in total. The first-order valence-electron chi connectivity index (χ1n) is 9.66. The molecule has 1 fully saturated rings. The Kier molecular flexibility index (Phi) is 5.34. The molecule has 3 aromatic rings. The molecule has 0 radical (unpaired) electrons. The smallest absolute Gasteiger partial charge is 0.174 e. The zero-order valence-electron chi connectivity index (χ0n) is 16.3. The summed E-state index contributed by atoms with van der Waals surface area (Å²) in [5.74, 6) is 1.32. The van der Waals surface area contributed by atoms with Gasteiger partial charge in [-0.05, 0) is 50.5 Å². The highest BCUT2D eigenvalue weighted by Crippen LogP contribution is 2.18. The van der Waals surface area contributed by atoms with E-state index in [1.54, 1.807) is 12.4 Å². The number of nitrogens with zero attached hydrogens (tertiary/aromatic N) is 5. The van der Waals surface area contributed by atoms with Crippen molar-refractivity contribution in [3.63, 3.8) is 0 Å². The molecule has 0 bridgehead atoms. The Labute approximate surface area is 164 Å². The van der Waals surface area contributed by atoms with Gasteiger partial charge in [0.25, 0.3) is 0 Å². The van der Waals surface area contributed by atoms with Gasteiger partial charge in [0.15, 0.2) is 5.82 Å². The van der Waals surface area contributed by atoms with Crippen molar-refractivity contribution in [1.82, 2.24) is 24.6 Å². The summed E-state index contributed by atoms with van der Waals surface area (Å²) in [7, 11) is 0. The Morgan fingerprint density at radius 3 is 2.54 bits per heavy atom. The lowest BCUT2D eigenvalue weighted by molar-refractivity contribution is 0.211. The van der Waals surface area contributed by atoms with Crippen LogP contribution in [0.2, 0.25) is 0 Å². The fraction of sp³-hybridized carbons (Fsp3) is 0.381. The van der Waals surface area contributed by atoms with Gasteiger partial charge in [-0.1, -0.05) is 12.1 Å². The van der Waals surface area contributed by atoms with E-state index >= 15 is 0 Å². The third-order valence-electron chi connectivity index (χ3n) is 5.11. The van der Waals surface area contributed by atoms with Crippen molar-refractivity contribution in [2.75, 3.05) is 18.4 Å². The van der Waals surface area contributed by atoms with E-state index < -0.39 is 0 Å². The molecule has 6 nitrogen and oxygen atoms in total. The second-order valence-electron chi connectivity index (χ2n) is 7.42. The van der Waals surface area contributed by atoms with Crippen LogP contribution in [-0.2, 0) is 6.54 Å². The number of rotatable bonds is 5. The lowest BCUT2D eigenvalue weighted by Crippen LogP contribution is -2.38. The van der Waals surface area contributed by atoms with Crippen LogP contribution in [0.15, 0.2) is 42.7 Å². The number of aromatic nitrogens is 4. The van der Waals surface area contributed by atoms with Crippen LogP contribution < -0.4 is 5.32 Å². The van der Waals surface area contributed by atoms with Crippen LogP contribution in [-0.4, -0.2) is 43.8 Å². The van der Waals surface area contributed by atoms with Gasteiger partial charge in [0.2, 0.25) is 0 Å². The molecule has 1 saturated heterocycles. The molecule has 4 rings (SSSR count). The van der Waals surface area contributed by atoms with Crippen LogP contribution in [0.3, 0.4) is 0 Å². The summed E-state index contributed by atoms with van der Waals surface area (Å²) in [6, 6.07) is 9.17. The fourth-order valence-electron chi connectivity index (χ4n) is 3.68. The maximum absolute atomic E-state index is 13.0. The SMILES string of the molecule is Cc1cc(C)n(-c2cncc(NC3CCN(Cc4ccc(F)cc4)CC3)n2)n1. The molecule has 0 spiro atoms. The number of halogens is 1. The molecule has 3 heterocycles. The first-order valence-corrected chi connectivity index (χ1v) is 9.66. The quantitative estimate of drug-likeness (QED) is 0.734. The van der Waals surface area contributed by atoms with Gasteiger partial charge < -0.3 is 5.32 Å². The van der Waals surface area contributed by atoms with E-state index in [1.807, 2.05) is 36.7 Å². The van der Waals surface area contributed by atoms with Crippen LogP contribution in [0, 0.1) is 19.7 Å². The van der Waals surface area contributed by atoms with Crippen molar-refractivity contribution >= 4 is 5.82 Å². The van der Waals surface area contributed by atoms with E-state index in [1.165, 1.54) is 12.1 Å². The number of aryl methyl sites for hydroxylation is 2. The number of nitrogens with one attached hydrogen (secondary N) is 1. The third kappa shape index (κ3) is 4.36. The number of likely N-dealkylation sites (tertiary alicyclic amines) is 1. The predicted molar refractivity (Wildman–Crippen MR) is 107 cm³/mol. The maximum Gasteiger partial charge on any atom is 0.174 e. The minimum Gasteiger partial charge on any atom is -0.366 e. The van der Waals surface area contributed by atoms with Crippen LogP contribution in [0.4, 0.5) is 10.2 Å². The number of piperidine rings is 1. The molecule has 0 unspecified atom stereocenters. The van der Waals surface area contributed by atoms with Crippen molar-refractivity contribution in [1.29, 1.82) is 0 Å². The summed E-state index contributed by atoms with van der Waals surface area (Å²) >= 11 is 0. The molecule has 0 saturated carbocycles. The van der Waals surface area contributed by atoms with Gasteiger partial charge in [-0.15, -0.1) is 0 Å². The largest absolute Gasteiger partial charge is 0.366 e. The Bertz CT molecular complexity index is 928. The van der Waals surface area contributed by atoms with Crippen molar-refractivity contribution in [3.05, 3.63) is 65.5 Å². The van der Waals surface area contributed by atoms with Gasteiger partial charge in [-0.3, -0.25) is 9.88 Å². The summed E-state index contributed by atoms with van der Waals surface area (Å²) in [5, 5.41) is 8.00. The summed E-state index contributed by atoms with van der Waals surface area (Å²) in [4.78, 5) is 11.4. The topological polar surface area (TPSA) is 58.9 Å². The first-order chi connectivity index (χ1) is 13.6. The molecule has 0 amide bonds. The number of anilines is 1. The van der Waals surface area contributed by atoms with E-state index in [0.717, 1.165) is 61.1 Å². The summed E-state index contributed by atoms with van der Waals surface area (Å²) in [5.41, 5.74) is 3.15. The summed E-state index contributed by atoms with van der Waals surface area (Å²) in [6.45, 7) is 6.84. The average molecular weight is 380 g/mol. The first kappa shape index (κ1) is 18.6. The Morgan fingerprint density at radius 2 is 1.86 bits per heavy atom. The second-order valence-corrected chi connectivity index (χ2v) is 7.42. The standard InChI is InChI=1S/C21H25FN6/c1-15-11-16(2)28(26-15)21-13-23-12-20(25-21)24-19-7-9-27(10-8-19)14-17-3-5-18(22)6-4-17/h3-6,11-13,19H,7-10,14H2,1-2H3,(H,24,25). The van der Waals surface area contributed by atoms with Gasteiger partial charge in [-0.25, -0.2) is 14.1 Å². The number of hydrogen-bond donors (Lipinski definition) is 1. The monoisotopic (exact) mass is 380 g/mol. The summed E-state index contributed by atoms with van der Waals surface area (Å²) in [6.07, 6.45) is 5.57. The minimum absolute atomic E-state index is 0.185. The molecule has 146 valence electrons. The Hall–Kier alpha value is -2.80. The average Bonchev–Trinajstić information content (AvgIpc) is 3.04. The molecule has 1 aliphatic heterocycles. The molecular formula is C21H25FN6. The van der Waals surface area contributed by atoms with E-state index in [0.29, 0.717) is 6.04 Å². The molecular weight excluding hydrogens is 355 g/mol. The predicted octanol–water partition coefficient (Wildman–Crippen LogP) is 3.49. The highest BCUT2D eigenvalue weighted by Gasteiger charge is 2.20. The molecule has 1 aromatic carbocycles. The van der Waals surface area contributed by atoms with E-state index in [9.17, 15) is 4.39 Å². The van der Waals surface area contributed by atoms with E-state index in [2.05, 4.69) is 25.3 Å². The zero-order chi connectivity index (χ0) is 19.5. The highest BCUT2D eigenvalue weighted by molar-refractivity contribution is 5.37. The van der Waals surface area contributed by atoms with Gasteiger partial charge in [0, 0.05) is 31.4 Å². The highest BCUT2D eigenvalue weighted by atomic mass is 19.1. The maximum atomic E-state index is 13.0. The molecule has 7 heteroatoms. The van der Waals surface area contributed by atoms with Gasteiger partial charge in [-0.2, -0.15) is 5.10 Å². The minimum atomic E-state index is -0.185. The van der Waals surface area contributed by atoms with E-state index in [4.69, 9.17) is 0 Å². The van der Waals surface area contributed by atoms with Gasteiger partial charge in [0.05, 0.1) is 18.1 Å². The number of benzene rings is 1. The van der Waals surface area contributed by atoms with Crippen molar-refractivity contribution < 1.29 is 4.39 Å². The number of hydrogen-bond acceptors (Lipinski definition) is 5. The van der Waals surface area contributed by atoms with Crippen molar-refractivity contribution in [3.8, 4) is 5.82 Å². The lowest BCUT2D eigenvalue weighted by Gasteiger charge is -2.32.